The fraction of sp³-hybridized carbons (Fsp3) is 0.759. The number of fused-ring (bicyclic) bond motifs is 6. The maximum Gasteiger partial charge on any atom is 0.158 e. The minimum atomic E-state index is -0.533. The van der Waals surface area contributed by atoms with Gasteiger partial charge in [0.05, 0.1) is 18.4 Å². The van der Waals surface area contributed by atoms with Gasteiger partial charge in [0.1, 0.15) is 6.54 Å². The van der Waals surface area contributed by atoms with Gasteiger partial charge in [-0.25, -0.2) is 9.67 Å². The quantitative estimate of drug-likeness (QED) is 0.650. The van der Waals surface area contributed by atoms with Crippen LogP contribution < -0.4 is 0 Å². The number of rotatable bonds is 5. The molecule has 190 valence electrons. The van der Waals surface area contributed by atoms with Gasteiger partial charge in [0, 0.05) is 24.6 Å². The van der Waals surface area contributed by atoms with E-state index in [4.69, 9.17) is 4.74 Å². The smallest absolute Gasteiger partial charge is 0.158 e. The lowest BCUT2D eigenvalue weighted by atomic mass is 9.43. The SMILES string of the molecule is COC[C@]12CC[C@@](C)(O)C[C@@H]1CC[C@H]1[C@@H]3CC[C@H](C(=O)Cn4ncc5cccnc54)[C@@]3(C)CC[C@@H]12. The van der Waals surface area contributed by atoms with E-state index in [1.54, 1.807) is 10.9 Å². The van der Waals surface area contributed by atoms with Gasteiger partial charge in [0.15, 0.2) is 11.4 Å². The number of aliphatic hydroxyl groups is 1. The van der Waals surface area contributed by atoms with E-state index in [1.807, 2.05) is 32.4 Å². The Morgan fingerprint density at radius 2 is 2.00 bits per heavy atom. The highest BCUT2D eigenvalue weighted by molar-refractivity contribution is 5.84. The summed E-state index contributed by atoms with van der Waals surface area (Å²) in [5.41, 5.74) is 0.546. The molecule has 8 atom stereocenters. The molecule has 4 aliphatic carbocycles. The molecule has 0 amide bonds. The largest absolute Gasteiger partial charge is 0.390 e. The Morgan fingerprint density at radius 1 is 1.14 bits per heavy atom. The Balaban J connectivity index is 1.24. The summed E-state index contributed by atoms with van der Waals surface area (Å²) in [6, 6.07) is 3.91. The number of methoxy groups -OCH3 is 1. The summed E-state index contributed by atoms with van der Waals surface area (Å²) < 4.78 is 7.70. The molecule has 0 radical (unpaired) electrons. The lowest BCUT2D eigenvalue weighted by molar-refractivity contribution is -0.175. The highest BCUT2D eigenvalue weighted by Crippen LogP contribution is 2.68. The van der Waals surface area contributed by atoms with E-state index >= 15 is 0 Å². The molecule has 6 heteroatoms. The fourth-order valence-electron chi connectivity index (χ4n) is 9.60. The van der Waals surface area contributed by atoms with Crippen LogP contribution in [0.4, 0.5) is 0 Å². The second-order valence-electron chi connectivity index (χ2n) is 12.9. The van der Waals surface area contributed by atoms with Gasteiger partial charge in [-0.15, -0.1) is 0 Å². The zero-order valence-corrected chi connectivity index (χ0v) is 21.6. The van der Waals surface area contributed by atoms with Crippen molar-refractivity contribution in [3.63, 3.8) is 0 Å². The lowest BCUT2D eigenvalue weighted by Gasteiger charge is -2.62. The Kier molecular flexibility index (Phi) is 5.65. The van der Waals surface area contributed by atoms with Crippen LogP contribution in [0.3, 0.4) is 0 Å². The van der Waals surface area contributed by atoms with Crippen LogP contribution in [0.5, 0.6) is 0 Å². The molecule has 4 fully saturated rings. The first-order chi connectivity index (χ1) is 16.8. The number of pyridine rings is 1. The third-order valence-electron chi connectivity index (χ3n) is 11.2. The van der Waals surface area contributed by atoms with Gasteiger partial charge in [-0.1, -0.05) is 6.92 Å². The minimum absolute atomic E-state index is 0.0793. The van der Waals surface area contributed by atoms with Crippen molar-refractivity contribution in [2.24, 2.45) is 40.4 Å². The Morgan fingerprint density at radius 3 is 2.83 bits per heavy atom. The first kappa shape index (κ1) is 23.6. The minimum Gasteiger partial charge on any atom is -0.390 e. The highest BCUT2D eigenvalue weighted by Gasteiger charge is 2.63. The molecule has 0 aromatic carbocycles. The third kappa shape index (κ3) is 3.61. The monoisotopic (exact) mass is 479 g/mol. The molecule has 0 saturated heterocycles. The van der Waals surface area contributed by atoms with Crippen LogP contribution in [0.2, 0.25) is 0 Å². The molecular weight excluding hydrogens is 438 g/mol. The van der Waals surface area contributed by atoms with Crippen LogP contribution in [-0.4, -0.2) is 45.0 Å². The van der Waals surface area contributed by atoms with Crippen LogP contribution in [0, 0.1) is 40.4 Å². The predicted octanol–water partition coefficient (Wildman–Crippen LogP) is 5.04. The first-order valence-corrected chi connectivity index (χ1v) is 13.8. The van der Waals surface area contributed by atoms with E-state index in [-0.39, 0.29) is 16.7 Å². The summed E-state index contributed by atoms with van der Waals surface area (Å²) in [6.45, 7) is 5.59. The number of aromatic nitrogens is 3. The second-order valence-corrected chi connectivity index (χ2v) is 12.9. The van der Waals surface area contributed by atoms with Crippen molar-refractivity contribution in [3.05, 3.63) is 24.5 Å². The lowest BCUT2D eigenvalue weighted by Crippen LogP contribution is -2.58. The molecule has 35 heavy (non-hydrogen) atoms. The van der Waals surface area contributed by atoms with Crippen molar-refractivity contribution < 1.29 is 14.6 Å². The first-order valence-electron chi connectivity index (χ1n) is 13.8. The van der Waals surface area contributed by atoms with Gasteiger partial charge in [-0.05, 0) is 111 Å². The number of carbonyl (C=O) groups is 1. The van der Waals surface area contributed by atoms with E-state index in [0.717, 1.165) is 56.2 Å². The maximum absolute atomic E-state index is 13.7. The standard InChI is InChI=1S/C29H41N3O3/c1-27(34)12-13-29(18-35-3)20(15-27)6-7-21-22-8-9-24(28(22,2)11-10-23(21)29)25(33)17-32-26-19(16-31-32)5-4-14-30-26/h4-5,14,16,20-24,34H,6-13,15,17-18H2,1-3H3/t20-,21-,22-,23-,24+,27+,28-,29+/m0/s1. The summed E-state index contributed by atoms with van der Waals surface area (Å²) in [5.74, 6) is 2.94. The summed E-state index contributed by atoms with van der Waals surface area (Å²) in [5, 5.41) is 16.3. The zero-order chi connectivity index (χ0) is 24.4. The van der Waals surface area contributed by atoms with Crippen molar-refractivity contribution >= 4 is 16.8 Å². The molecule has 0 spiro atoms. The molecule has 4 saturated carbocycles. The number of Topliss-reactive ketones (excluding diaryl/α,β-unsaturated/α-hetero) is 1. The van der Waals surface area contributed by atoms with Crippen LogP contribution in [0.25, 0.3) is 11.0 Å². The second kappa shape index (κ2) is 8.37. The fourth-order valence-corrected chi connectivity index (χ4v) is 9.60. The molecule has 6 rings (SSSR count). The normalized spacial score (nSPS) is 42.9. The number of hydrogen-bond donors (Lipinski definition) is 1. The van der Waals surface area contributed by atoms with E-state index in [9.17, 15) is 9.90 Å². The van der Waals surface area contributed by atoms with Crippen molar-refractivity contribution in [2.45, 2.75) is 83.8 Å². The number of hydrogen-bond acceptors (Lipinski definition) is 5. The zero-order valence-electron chi connectivity index (χ0n) is 21.6. The van der Waals surface area contributed by atoms with Gasteiger partial charge in [0.25, 0.3) is 0 Å². The van der Waals surface area contributed by atoms with Gasteiger partial charge in [-0.3, -0.25) is 4.79 Å². The summed E-state index contributed by atoms with van der Waals surface area (Å²) in [7, 11) is 1.85. The van der Waals surface area contributed by atoms with Gasteiger partial charge < -0.3 is 9.84 Å². The average Bonchev–Trinajstić information content (AvgIpc) is 3.40. The van der Waals surface area contributed by atoms with E-state index < -0.39 is 5.60 Å². The van der Waals surface area contributed by atoms with Crippen LogP contribution in [-0.2, 0) is 16.1 Å². The molecule has 0 unspecified atom stereocenters. The average molecular weight is 480 g/mol. The predicted molar refractivity (Wildman–Crippen MR) is 135 cm³/mol. The van der Waals surface area contributed by atoms with E-state index in [1.165, 1.54) is 19.3 Å². The maximum atomic E-state index is 13.7. The van der Waals surface area contributed by atoms with Crippen molar-refractivity contribution in [1.82, 2.24) is 14.8 Å². The molecule has 2 aromatic rings. The Labute approximate surface area is 208 Å². The van der Waals surface area contributed by atoms with E-state index in [0.29, 0.717) is 36.0 Å². The molecule has 4 aliphatic rings. The molecule has 0 aliphatic heterocycles. The summed E-state index contributed by atoms with van der Waals surface area (Å²) >= 11 is 0. The topological polar surface area (TPSA) is 77.2 Å². The third-order valence-corrected chi connectivity index (χ3v) is 11.2. The van der Waals surface area contributed by atoms with Gasteiger partial charge in [0.2, 0.25) is 0 Å². The Bertz CT molecular complexity index is 1110. The van der Waals surface area contributed by atoms with E-state index in [2.05, 4.69) is 17.0 Å². The number of ether oxygens (including phenoxy) is 1. The molecule has 6 nitrogen and oxygen atoms in total. The van der Waals surface area contributed by atoms with Crippen LogP contribution >= 0.6 is 0 Å². The number of nitrogens with zero attached hydrogens (tertiary/aromatic N) is 3. The van der Waals surface area contributed by atoms with Gasteiger partial charge >= 0.3 is 0 Å². The van der Waals surface area contributed by atoms with Crippen molar-refractivity contribution in [3.8, 4) is 0 Å². The van der Waals surface area contributed by atoms with Crippen molar-refractivity contribution in [2.75, 3.05) is 13.7 Å². The van der Waals surface area contributed by atoms with Crippen molar-refractivity contribution in [1.29, 1.82) is 0 Å². The van der Waals surface area contributed by atoms with Crippen LogP contribution in [0.1, 0.15) is 71.6 Å². The molecular formula is C29H41N3O3. The number of ketones is 1. The summed E-state index contributed by atoms with van der Waals surface area (Å²) in [4.78, 5) is 18.2. The molecule has 2 aromatic heterocycles. The number of carbonyl (C=O) groups excluding carboxylic acids is 1. The Hall–Kier alpha value is -1.79. The molecule has 1 N–H and O–H groups in total. The van der Waals surface area contributed by atoms with Gasteiger partial charge in [-0.2, -0.15) is 5.10 Å². The summed E-state index contributed by atoms with van der Waals surface area (Å²) in [6.07, 6.45) is 13.4. The molecule has 0 bridgehead atoms. The van der Waals surface area contributed by atoms with Crippen LogP contribution in [0.15, 0.2) is 24.5 Å². The highest BCUT2D eigenvalue weighted by atomic mass is 16.5. The molecule has 2 heterocycles.